The predicted molar refractivity (Wildman–Crippen MR) is 48.1 cm³/mol. The Labute approximate surface area is 77.5 Å². The number of nitrogens with zero attached hydrogens (tertiary/aromatic N) is 4. The van der Waals surface area contributed by atoms with Crippen LogP contribution in [-0.2, 0) is 13.5 Å². The van der Waals surface area contributed by atoms with Gasteiger partial charge in [-0.15, -0.1) is 10.2 Å². The number of hydrogen-bond acceptors (Lipinski definition) is 4. The molecule has 0 aromatic carbocycles. The Morgan fingerprint density at radius 3 is 3.00 bits per heavy atom. The molecule has 0 spiro atoms. The van der Waals surface area contributed by atoms with Crippen molar-refractivity contribution >= 4 is 0 Å². The van der Waals surface area contributed by atoms with Crippen LogP contribution in [0, 0.1) is 0 Å². The van der Waals surface area contributed by atoms with Gasteiger partial charge in [0.05, 0.1) is 7.05 Å². The Balaban J connectivity index is 1.61. The van der Waals surface area contributed by atoms with Crippen molar-refractivity contribution < 1.29 is 0 Å². The van der Waals surface area contributed by atoms with Crippen molar-refractivity contribution in [2.24, 2.45) is 7.05 Å². The first kappa shape index (κ1) is 8.62. The van der Waals surface area contributed by atoms with E-state index in [-0.39, 0.29) is 0 Å². The fourth-order valence-electron chi connectivity index (χ4n) is 1.26. The van der Waals surface area contributed by atoms with E-state index in [2.05, 4.69) is 20.7 Å². The van der Waals surface area contributed by atoms with Crippen molar-refractivity contribution in [3.05, 3.63) is 5.82 Å². The van der Waals surface area contributed by atoms with E-state index < -0.39 is 0 Å². The smallest absolute Gasteiger partial charge is 0.174 e. The predicted octanol–water partition coefficient (Wildman–Crippen LogP) is -0.105. The van der Waals surface area contributed by atoms with Gasteiger partial charge in [0.15, 0.2) is 5.82 Å². The molecule has 0 atom stereocenters. The van der Waals surface area contributed by atoms with E-state index >= 15 is 0 Å². The second-order valence-corrected chi connectivity index (χ2v) is 3.53. The number of hydrogen-bond donors (Lipinski definition) is 1. The Bertz CT molecular complexity index is 265. The number of rotatable bonds is 5. The lowest BCUT2D eigenvalue weighted by Crippen LogP contribution is -2.18. The molecule has 72 valence electrons. The summed E-state index contributed by atoms with van der Waals surface area (Å²) in [5, 5.41) is 15.3. The quantitative estimate of drug-likeness (QED) is 0.644. The maximum absolute atomic E-state index is 4.11. The summed E-state index contributed by atoms with van der Waals surface area (Å²) in [6.45, 7) is 1.07. The van der Waals surface area contributed by atoms with Crippen molar-refractivity contribution in [2.75, 3.05) is 6.54 Å². The van der Waals surface area contributed by atoms with Crippen LogP contribution in [0.1, 0.15) is 25.1 Å². The van der Waals surface area contributed by atoms with E-state index in [0.717, 1.165) is 31.3 Å². The third-order valence-corrected chi connectivity index (χ3v) is 2.14. The van der Waals surface area contributed by atoms with Gasteiger partial charge in [-0.05, 0) is 31.0 Å². The fourth-order valence-corrected chi connectivity index (χ4v) is 1.26. The first-order chi connectivity index (χ1) is 6.34. The molecule has 0 saturated heterocycles. The highest BCUT2D eigenvalue weighted by Crippen LogP contribution is 2.18. The zero-order chi connectivity index (χ0) is 9.10. The molecule has 0 radical (unpaired) electrons. The van der Waals surface area contributed by atoms with E-state index in [1.807, 2.05) is 0 Å². The van der Waals surface area contributed by atoms with E-state index in [9.17, 15) is 0 Å². The summed E-state index contributed by atoms with van der Waals surface area (Å²) in [4.78, 5) is 1.50. The highest BCUT2D eigenvalue weighted by Gasteiger charge is 2.19. The first-order valence-corrected chi connectivity index (χ1v) is 4.81. The van der Waals surface area contributed by atoms with Crippen LogP contribution in [0.4, 0.5) is 0 Å². The van der Waals surface area contributed by atoms with E-state index in [1.54, 1.807) is 7.05 Å². The molecule has 0 unspecified atom stereocenters. The molecule has 5 nitrogen and oxygen atoms in total. The minimum Gasteiger partial charge on any atom is -0.314 e. The van der Waals surface area contributed by atoms with Crippen molar-refractivity contribution in [3.8, 4) is 0 Å². The Morgan fingerprint density at radius 2 is 2.38 bits per heavy atom. The third-order valence-electron chi connectivity index (χ3n) is 2.14. The normalized spacial score (nSPS) is 16.4. The minimum atomic E-state index is 0.801. The monoisotopic (exact) mass is 181 g/mol. The maximum atomic E-state index is 4.11. The average molecular weight is 181 g/mol. The average Bonchev–Trinajstić information content (AvgIpc) is 2.84. The van der Waals surface area contributed by atoms with Crippen LogP contribution in [0.2, 0.25) is 0 Å². The van der Waals surface area contributed by atoms with Crippen LogP contribution in [0.25, 0.3) is 0 Å². The first-order valence-electron chi connectivity index (χ1n) is 4.81. The van der Waals surface area contributed by atoms with Crippen molar-refractivity contribution in [2.45, 2.75) is 31.7 Å². The number of tetrazole rings is 1. The Morgan fingerprint density at radius 1 is 1.54 bits per heavy atom. The van der Waals surface area contributed by atoms with E-state index in [1.165, 1.54) is 17.6 Å². The second kappa shape index (κ2) is 3.83. The summed E-state index contributed by atoms with van der Waals surface area (Å²) in [6, 6.07) is 0.801. The standard InChI is InChI=1S/C8H15N5/c1-13-11-8(10-12-13)3-2-6-9-7-4-5-7/h7,9H,2-6H2,1H3. The molecule has 1 aromatic heterocycles. The summed E-state index contributed by atoms with van der Waals surface area (Å²) in [5.41, 5.74) is 0. The largest absolute Gasteiger partial charge is 0.314 e. The minimum absolute atomic E-state index is 0.801. The van der Waals surface area contributed by atoms with Crippen molar-refractivity contribution in [3.63, 3.8) is 0 Å². The van der Waals surface area contributed by atoms with Gasteiger partial charge in [0.1, 0.15) is 0 Å². The van der Waals surface area contributed by atoms with Crippen LogP contribution < -0.4 is 5.32 Å². The molecule has 0 amide bonds. The van der Waals surface area contributed by atoms with Gasteiger partial charge in [-0.2, -0.15) is 4.80 Å². The summed E-state index contributed by atoms with van der Waals surface area (Å²) in [5.74, 6) is 0.847. The lowest BCUT2D eigenvalue weighted by atomic mass is 10.3. The van der Waals surface area contributed by atoms with Gasteiger partial charge < -0.3 is 5.32 Å². The van der Waals surface area contributed by atoms with Gasteiger partial charge in [0.2, 0.25) is 0 Å². The fraction of sp³-hybridized carbons (Fsp3) is 0.875. The third kappa shape index (κ3) is 2.77. The number of nitrogens with one attached hydrogen (secondary N) is 1. The highest BCUT2D eigenvalue weighted by atomic mass is 15.6. The zero-order valence-corrected chi connectivity index (χ0v) is 7.90. The van der Waals surface area contributed by atoms with Crippen LogP contribution in [0.3, 0.4) is 0 Å². The van der Waals surface area contributed by atoms with Crippen LogP contribution >= 0.6 is 0 Å². The molecule has 1 aliphatic carbocycles. The van der Waals surface area contributed by atoms with Crippen molar-refractivity contribution in [1.29, 1.82) is 0 Å². The van der Waals surface area contributed by atoms with Gasteiger partial charge in [-0.3, -0.25) is 0 Å². The topological polar surface area (TPSA) is 55.6 Å². The maximum Gasteiger partial charge on any atom is 0.174 e. The molecule has 0 bridgehead atoms. The number of aryl methyl sites for hydroxylation is 2. The van der Waals surface area contributed by atoms with E-state index in [0.29, 0.717) is 0 Å². The van der Waals surface area contributed by atoms with Crippen LogP contribution in [0.15, 0.2) is 0 Å². The van der Waals surface area contributed by atoms with Crippen LogP contribution in [0.5, 0.6) is 0 Å². The van der Waals surface area contributed by atoms with Gasteiger partial charge in [0, 0.05) is 12.5 Å². The second-order valence-electron chi connectivity index (χ2n) is 3.53. The van der Waals surface area contributed by atoms with Gasteiger partial charge in [-0.25, -0.2) is 0 Å². The lowest BCUT2D eigenvalue weighted by Gasteiger charge is -1.98. The summed E-state index contributed by atoms with van der Waals surface area (Å²) in [6.07, 6.45) is 4.72. The molecule has 1 aliphatic rings. The van der Waals surface area contributed by atoms with Crippen molar-refractivity contribution in [1.82, 2.24) is 25.5 Å². The Kier molecular flexibility index (Phi) is 2.54. The summed E-state index contributed by atoms with van der Waals surface area (Å²) in [7, 11) is 1.79. The van der Waals surface area contributed by atoms with Gasteiger partial charge in [0.25, 0.3) is 0 Å². The zero-order valence-electron chi connectivity index (χ0n) is 7.90. The molecular weight excluding hydrogens is 166 g/mol. The molecule has 1 saturated carbocycles. The molecule has 0 aliphatic heterocycles. The lowest BCUT2D eigenvalue weighted by molar-refractivity contribution is 0.618. The molecule has 1 fully saturated rings. The molecule has 1 aromatic rings. The molecule has 13 heavy (non-hydrogen) atoms. The summed E-state index contributed by atoms with van der Waals surface area (Å²) < 4.78 is 0. The molecule has 2 rings (SSSR count). The SMILES string of the molecule is Cn1nnc(CCCNC2CC2)n1. The molecule has 1 heterocycles. The molecular formula is C8H15N5. The molecule has 1 N–H and O–H groups in total. The van der Waals surface area contributed by atoms with Gasteiger partial charge in [-0.1, -0.05) is 0 Å². The molecule has 5 heteroatoms. The highest BCUT2D eigenvalue weighted by molar-refractivity contribution is 4.82. The van der Waals surface area contributed by atoms with Gasteiger partial charge >= 0.3 is 0 Å². The van der Waals surface area contributed by atoms with Crippen LogP contribution in [-0.4, -0.2) is 32.8 Å². The summed E-state index contributed by atoms with van der Waals surface area (Å²) >= 11 is 0. The Hall–Kier alpha value is -0.970. The van der Waals surface area contributed by atoms with E-state index in [4.69, 9.17) is 0 Å². The number of aromatic nitrogens is 4.